The topological polar surface area (TPSA) is 35.2 Å². The number of hydroxylamine groups is 1. The number of hydrogen-bond acceptors (Lipinski definition) is 2. The van der Waals surface area contributed by atoms with Gasteiger partial charge in [-0.2, -0.15) is 0 Å². The quantitative estimate of drug-likeness (QED) is 0.384. The third-order valence-corrected chi connectivity index (χ3v) is 0.809. The molecule has 0 aliphatic carbocycles. The molecular weight excluding hydrogens is 92.1 g/mol. The molecule has 1 rings (SSSR count). The summed E-state index contributed by atoms with van der Waals surface area (Å²) in [7, 11) is 0. The van der Waals surface area contributed by atoms with Gasteiger partial charge in [0.05, 0.1) is 0 Å². The fourth-order valence-corrected chi connectivity index (χ4v) is 0.541. The third kappa shape index (κ3) is 0.899. The van der Waals surface area contributed by atoms with Gasteiger partial charge < -0.3 is 0 Å². The largest absolute Gasteiger partial charge is 0.272 e. The monoisotopic (exact) mass is 101 g/mol. The van der Waals surface area contributed by atoms with Crippen molar-refractivity contribution in [3.8, 4) is 0 Å². The molecule has 0 aromatic carbocycles. The summed E-state index contributed by atoms with van der Waals surface area (Å²) in [5.41, 5.74) is 2.67. The zero-order chi connectivity index (χ0) is 5.28. The van der Waals surface area contributed by atoms with Crippen LogP contribution in [-0.4, -0.2) is 12.1 Å². The van der Waals surface area contributed by atoms with Gasteiger partial charge in [0.1, 0.15) is 0 Å². The molecule has 2 N–H and O–H groups in total. The molecule has 1 aliphatic rings. The highest BCUT2D eigenvalue weighted by Gasteiger charge is 2.14. The summed E-state index contributed by atoms with van der Waals surface area (Å²) in [4.78, 5) is 7.87. The van der Waals surface area contributed by atoms with Gasteiger partial charge in [0, 0.05) is 13.8 Å². The predicted molar refractivity (Wildman–Crippen MR) is 25.3 cm³/mol. The van der Waals surface area contributed by atoms with Gasteiger partial charge in [-0.3, -0.25) is 0 Å². The molecule has 1 unspecified atom stereocenters. The maximum atomic E-state index is 4.87. The summed E-state index contributed by atoms with van der Waals surface area (Å²) in [5, 5.41) is 0. The van der Waals surface area contributed by atoms with E-state index in [0.29, 0.717) is 0 Å². The van der Waals surface area contributed by atoms with Crippen LogP contribution in [0.3, 0.4) is 0 Å². The molecule has 0 spiro atoms. The molecule has 0 bridgehead atoms. The fourth-order valence-electron chi connectivity index (χ4n) is 0.541. The molecule has 7 heavy (non-hydrogen) atoms. The van der Waals surface area contributed by atoms with Crippen molar-refractivity contribution in [1.29, 1.82) is 0 Å². The van der Waals surface area contributed by atoms with E-state index in [4.69, 9.17) is 4.84 Å². The number of amidine groups is 1. The van der Waals surface area contributed by atoms with Crippen LogP contribution in [0.15, 0.2) is 0 Å². The highest BCUT2D eigenvalue weighted by molar-refractivity contribution is 5.72. The summed E-state index contributed by atoms with van der Waals surface area (Å²) >= 11 is 0. The number of nitrogens with one attached hydrogen (secondary N) is 2. The standard InChI is InChI=1S/C4H8N2O/c1-3-5-4(2)7-6-3/h4H,1-2H3,(H,5,6)/p+1. The Kier molecular flexibility index (Phi) is 0.982. The Bertz CT molecular complexity index is 99.9. The molecule has 0 saturated heterocycles. The molecule has 0 saturated carbocycles. The average Bonchev–Trinajstić information content (AvgIpc) is 1.87. The van der Waals surface area contributed by atoms with Gasteiger partial charge in [0.2, 0.25) is 6.23 Å². The third-order valence-electron chi connectivity index (χ3n) is 0.809. The van der Waals surface area contributed by atoms with Gasteiger partial charge in [0.25, 0.3) is 5.84 Å². The highest BCUT2D eigenvalue weighted by Crippen LogP contribution is 1.74. The summed E-state index contributed by atoms with van der Waals surface area (Å²) in [6.45, 7) is 3.85. The van der Waals surface area contributed by atoms with Crippen LogP contribution >= 0.6 is 0 Å². The van der Waals surface area contributed by atoms with Crippen LogP contribution in [0.25, 0.3) is 0 Å². The van der Waals surface area contributed by atoms with Crippen LogP contribution in [0.5, 0.6) is 0 Å². The highest BCUT2D eigenvalue weighted by atomic mass is 16.7. The second-order valence-corrected chi connectivity index (χ2v) is 1.63. The molecule has 40 valence electrons. The first-order valence-electron chi connectivity index (χ1n) is 2.31. The second kappa shape index (κ2) is 1.50. The minimum Gasteiger partial charge on any atom is -0.247 e. The first-order chi connectivity index (χ1) is 3.29. The number of hydrogen-bond donors (Lipinski definition) is 2. The Morgan fingerprint density at radius 1 is 1.86 bits per heavy atom. The van der Waals surface area contributed by atoms with Crippen molar-refractivity contribution in [2.45, 2.75) is 20.1 Å². The van der Waals surface area contributed by atoms with Crippen molar-refractivity contribution in [1.82, 2.24) is 5.48 Å². The normalized spacial score (nSPS) is 29.4. The van der Waals surface area contributed by atoms with E-state index in [1.54, 1.807) is 0 Å². The summed E-state index contributed by atoms with van der Waals surface area (Å²) < 4.78 is 0. The Morgan fingerprint density at radius 3 is 2.71 bits per heavy atom. The van der Waals surface area contributed by atoms with E-state index < -0.39 is 0 Å². The molecule has 0 aromatic rings. The van der Waals surface area contributed by atoms with Crippen LogP contribution in [-0.2, 0) is 4.84 Å². The Morgan fingerprint density at radius 2 is 2.57 bits per heavy atom. The summed E-state index contributed by atoms with van der Waals surface area (Å²) in [6, 6.07) is 0. The minimum atomic E-state index is 0.125. The predicted octanol–water partition coefficient (Wildman–Crippen LogP) is -1.63. The number of rotatable bonds is 0. The van der Waals surface area contributed by atoms with Crippen molar-refractivity contribution in [3.63, 3.8) is 0 Å². The Balaban J connectivity index is 2.50. The van der Waals surface area contributed by atoms with Gasteiger partial charge >= 0.3 is 0 Å². The van der Waals surface area contributed by atoms with E-state index in [0.717, 1.165) is 5.84 Å². The molecule has 1 atom stereocenters. The maximum absolute atomic E-state index is 4.87. The van der Waals surface area contributed by atoms with E-state index in [9.17, 15) is 0 Å². The van der Waals surface area contributed by atoms with Crippen LogP contribution in [0, 0.1) is 0 Å². The van der Waals surface area contributed by atoms with E-state index >= 15 is 0 Å². The molecular formula is C4H9N2O+. The van der Waals surface area contributed by atoms with Gasteiger partial charge in [-0.1, -0.05) is 0 Å². The zero-order valence-corrected chi connectivity index (χ0v) is 4.49. The van der Waals surface area contributed by atoms with E-state index in [-0.39, 0.29) is 6.23 Å². The maximum Gasteiger partial charge on any atom is 0.272 e. The Hall–Kier alpha value is -0.570. The van der Waals surface area contributed by atoms with Crippen LogP contribution in [0.4, 0.5) is 0 Å². The van der Waals surface area contributed by atoms with Crippen LogP contribution in [0.2, 0.25) is 0 Å². The van der Waals surface area contributed by atoms with Gasteiger partial charge in [-0.25, -0.2) is 4.99 Å². The molecule has 0 radical (unpaired) electrons. The second-order valence-electron chi connectivity index (χ2n) is 1.63. The van der Waals surface area contributed by atoms with E-state index in [1.165, 1.54) is 0 Å². The lowest BCUT2D eigenvalue weighted by atomic mass is 10.6. The van der Waals surface area contributed by atoms with Crippen LogP contribution < -0.4 is 10.5 Å². The SMILES string of the molecule is CC1=[NH+]C(C)ON1. The van der Waals surface area contributed by atoms with Crippen LogP contribution in [0.1, 0.15) is 13.8 Å². The summed E-state index contributed by atoms with van der Waals surface area (Å²) in [5.74, 6) is 0.979. The van der Waals surface area contributed by atoms with Crippen molar-refractivity contribution in [2.75, 3.05) is 0 Å². The molecule has 0 fully saturated rings. The lowest BCUT2D eigenvalue weighted by Gasteiger charge is -1.84. The van der Waals surface area contributed by atoms with E-state index in [2.05, 4.69) is 10.5 Å². The lowest BCUT2D eigenvalue weighted by Crippen LogP contribution is -2.75. The first-order valence-corrected chi connectivity index (χ1v) is 2.31. The van der Waals surface area contributed by atoms with Crippen molar-refractivity contribution in [2.24, 2.45) is 0 Å². The molecule has 3 nitrogen and oxygen atoms in total. The molecule has 3 heteroatoms. The molecule has 0 amide bonds. The summed E-state index contributed by atoms with van der Waals surface area (Å²) in [6.07, 6.45) is 0.125. The average molecular weight is 101 g/mol. The smallest absolute Gasteiger partial charge is 0.247 e. The lowest BCUT2D eigenvalue weighted by molar-refractivity contribution is -0.536. The minimum absolute atomic E-state index is 0.125. The van der Waals surface area contributed by atoms with Gasteiger partial charge in [0.15, 0.2) is 0 Å². The molecule has 1 aliphatic heterocycles. The fraction of sp³-hybridized carbons (Fsp3) is 0.750. The van der Waals surface area contributed by atoms with Crippen molar-refractivity contribution < 1.29 is 9.83 Å². The van der Waals surface area contributed by atoms with Crippen molar-refractivity contribution in [3.05, 3.63) is 0 Å². The van der Waals surface area contributed by atoms with Gasteiger partial charge in [-0.15, -0.1) is 10.3 Å². The van der Waals surface area contributed by atoms with Gasteiger partial charge in [-0.05, 0) is 0 Å². The van der Waals surface area contributed by atoms with E-state index in [1.807, 2.05) is 13.8 Å². The molecule has 0 aromatic heterocycles. The zero-order valence-electron chi connectivity index (χ0n) is 4.49. The Labute approximate surface area is 42.3 Å². The van der Waals surface area contributed by atoms with Crippen molar-refractivity contribution >= 4 is 5.84 Å². The first kappa shape index (κ1) is 4.59. The molecule has 1 heterocycles.